The molecule has 2 aromatic carbocycles. The van der Waals surface area contributed by atoms with E-state index in [0.29, 0.717) is 17.0 Å². The average Bonchev–Trinajstić information content (AvgIpc) is 2.82. The van der Waals surface area contributed by atoms with Crippen LogP contribution in [0.15, 0.2) is 47.4 Å². The molecule has 3 aromatic rings. The Labute approximate surface area is 127 Å². The van der Waals surface area contributed by atoms with Gasteiger partial charge in [-0.25, -0.2) is 13.4 Å². The van der Waals surface area contributed by atoms with E-state index in [2.05, 4.69) is 9.97 Å². The SMILES string of the molecule is CS(=O)(=O)c1cccc2[nH]c(Cc3ccc(Cl)cc3)nc12. The third-order valence-electron chi connectivity index (χ3n) is 3.21. The Bertz CT molecular complexity index is 899. The van der Waals surface area contributed by atoms with E-state index >= 15 is 0 Å². The predicted molar refractivity (Wildman–Crippen MR) is 83.5 cm³/mol. The number of aromatic amines is 1. The molecule has 0 spiro atoms. The van der Waals surface area contributed by atoms with Crippen molar-refractivity contribution in [2.24, 2.45) is 0 Å². The molecule has 4 nitrogen and oxygen atoms in total. The normalized spacial score (nSPS) is 11.9. The van der Waals surface area contributed by atoms with Crippen molar-refractivity contribution in [3.8, 4) is 0 Å². The summed E-state index contributed by atoms with van der Waals surface area (Å²) in [5.41, 5.74) is 2.27. The van der Waals surface area contributed by atoms with Crippen molar-refractivity contribution in [1.29, 1.82) is 0 Å². The molecule has 1 N–H and O–H groups in total. The standard InChI is InChI=1S/C15H13ClN2O2S/c1-21(19,20)13-4-2-3-12-15(13)18-14(17-12)9-10-5-7-11(16)8-6-10/h2-8H,9H2,1H3,(H,17,18). The quantitative estimate of drug-likeness (QED) is 0.806. The van der Waals surface area contributed by atoms with Crippen molar-refractivity contribution in [3.05, 3.63) is 58.9 Å². The molecule has 108 valence electrons. The van der Waals surface area contributed by atoms with Crippen LogP contribution in [-0.2, 0) is 16.3 Å². The molecular weight excluding hydrogens is 308 g/mol. The monoisotopic (exact) mass is 320 g/mol. The molecule has 0 atom stereocenters. The van der Waals surface area contributed by atoms with E-state index in [4.69, 9.17) is 11.6 Å². The summed E-state index contributed by atoms with van der Waals surface area (Å²) in [7, 11) is -3.29. The summed E-state index contributed by atoms with van der Waals surface area (Å²) < 4.78 is 23.6. The molecule has 0 fully saturated rings. The zero-order chi connectivity index (χ0) is 15.0. The lowest BCUT2D eigenvalue weighted by atomic mass is 10.1. The Hall–Kier alpha value is -1.85. The van der Waals surface area contributed by atoms with Crippen molar-refractivity contribution in [2.75, 3.05) is 6.26 Å². The molecule has 1 heterocycles. The fourth-order valence-electron chi connectivity index (χ4n) is 2.24. The number of fused-ring (bicyclic) bond motifs is 1. The number of hydrogen-bond acceptors (Lipinski definition) is 3. The van der Waals surface area contributed by atoms with Crippen LogP contribution in [0.5, 0.6) is 0 Å². The highest BCUT2D eigenvalue weighted by atomic mass is 35.5. The van der Waals surface area contributed by atoms with E-state index in [1.165, 1.54) is 6.26 Å². The number of benzene rings is 2. The summed E-state index contributed by atoms with van der Waals surface area (Å²) in [6, 6.07) is 12.6. The second kappa shape index (κ2) is 5.16. The number of nitrogens with one attached hydrogen (secondary N) is 1. The molecule has 0 saturated heterocycles. The first-order valence-electron chi connectivity index (χ1n) is 6.35. The number of para-hydroxylation sites is 1. The lowest BCUT2D eigenvalue weighted by Gasteiger charge is -1.98. The van der Waals surface area contributed by atoms with Crippen LogP contribution >= 0.6 is 11.6 Å². The van der Waals surface area contributed by atoms with Crippen molar-refractivity contribution in [2.45, 2.75) is 11.3 Å². The second-order valence-electron chi connectivity index (χ2n) is 4.91. The molecule has 0 aliphatic heterocycles. The van der Waals surface area contributed by atoms with E-state index in [-0.39, 0.29) is 4.90 Å². The first kappa shape index (κ1) is 14.1. The number of nitrogens with zero attached hydrogens (tertiary/aromatic N) is 1. The van der Waals surface area contributed by atoms with E-state index in [0.717, 1.165) is 16.9 Å². The Morgan fingerprint density at radius 1 is 1.14 bits per heavy atom. The minimum atomic E-state index is -3.29. The molecule has 0 bridgehead atoms. The number of sulfone groups is 1. The molecule has 0 amide bonds. The van der Waals surface area contributed by atoms with Gasteiger partial charge in [-0.1, -0.05) is 29.8 Å². The van der Waals surface area contributed by atoms with Gasteiger partial charge in [-0.2, -0.15) is 0 Å². The summed E-state index contributed by atoms with van der Waals surface area (Å²) in [4.78, 5) is 7.84. The van der Waals surface area contributed by atoms with Gasteiger partial charge >= 0.3 is 0 Å². The minimum Gasteiger partial charge on any atom is -0.342 e. The first-order chi connectivity index (χ1) is 9.93. The Balaban J connectivity index is 2.03. The summed E-state index contributed by atoms with van der Waals surface area (Å²) >= 11 is 5.86. The lowest BCUT2D eigenvalue weighted by molar-refractivity contribution is 0.602. The molecule has 0 saturated carbocycles. The molecule has 6 heteroatoms. The molecule has 0 aliphatic rings. The van der Waals surface area contributed by atoms with Crippen LogP contribution in [0.2, 0.25) is 5.02 Å². The molecule has 21 heavy (non-hydrogen) atoms. The maximum Gasteiger partial charge on any atom is 0.177 e. The smallest absolute Gasteiger partial charge is 0.177 e. The van der Waals surface area contributed by atoms with Gasteiger partial charge in [-0.3, -0.25) is 0 Å². The minimum absolute atomic E-state index is 0.249. The van der Waals surface area contributed by atoms with Gasteiger partial charge in [0.1, 0.15) is 11.3 Å². The maximum atomic E-state index is 11.8. The zero-order valence-electron chi connectivity index (χ0n) is 11.3. The Morgan fingerprint density at radius 3 is 2.52 bits per heavy atom. The number of hydrogen-bond donors (Lipinski definition) is 1. The summed E-state index contributed by atoms with van der Waals surface area (Å²) in [6.07, 6.45) is 1.78. The van der Waals surface area contributed by atoms with Gasteiger partial charge in [0.2, 0.25) is 0 Å². The lowest BCUT2D eigenvalue weighted by Crippen LogP contribution is -1.97. The van der Waals surface area contributed by atoms with Crippen LogP contribution in [0, 0.1) is 0 Å². The number of H-pyrrole nitrogens is 1. The fourth-order valence-corrected chi connectivity index (χ4v) is 3.19. The van der Waals surface area contributed by atoms with Crippen LogP contribution in [0.3, 0.4) is 0 Å². The Morgan fingerprint density at radius 2 is 1.86 bits per heavy atom. The number of rotatable bonds is 3. The van der Waals surface area contributed by atoms with Crippen molar-refractivity contribution in [1.82, 2.24) is 9.97 Å². The van der Waals surface area contributed by atoms with Gasteiger partial charge < -0.3 is 4.98 Å². The maximum absolute atomic E-state index is 11.8. The highest BCUT2D eigenvalue weighted by Crippen LogP contribution is 2.22. The van der Waals surface area contributed by atoms with E-state index in [1.807, 2.05) is 30.3 Å². The number of aromatic nitrogens is 2. The number of imidazole rings is 1. The molecule has 0 radical (unpaired) electrons. The predicted octanol–water partition coefficient (Wildman–Crippen LogP) is 3.21. The van der Waals surface area contributed by atoms with Crippen molar-refractivity contribution >= 4 is 32.5 Å². The third kappa shape index (κ3) is 2.94. The Kier molecular flexibility index (Phi) is 3.47. The molecule has 0 aliphatic carbocycles. The fraction of sp³-hybridized carbons (Fsp3) is 0.133. The topological polar surface area (TPSA) is 62.8 Å². The van der Waals surface area contributed by atoms with Crippen LogP contribution in [0.1, 0.15) is 11.4 Å². The van der Waals surface area contributed by atoms with Gasteiger partial charge in [0.05, 0.1) is 10.4 Å². The highest BCUT2D eigenvalue weighted by molar-refractivity contribution is 7.91. The highest BCUT2D eigenvalue weighted by Gasteiger charge is 2.15. The van der Waals surface area contributed by atoms with Crippen LogP contribution < -0.4 is 0 Å². The molecule has 3 rings (SSSR count). The summed E-state index contributed by atoms with van der Waals surface area (Å²) in [5, 5.41) is 0.683. The second-order valence-corrected chi connectivity index (χ2v) is 7.33. The van der Waals surface area contributed by atoms with Crippen molar-refractivity contribution < 1.29 is 8.42 Å². The van der Waals surface area contributed by atoms with Crippen LogP contribution in [-0.4, -0.2) is 24.6 Å². The van der Waals surface area contributed by atoms with Gasteiger partial charge in [-0.15, -0.1) is 0 Å². The van der Waals surface area contributed by atoms with Crippen LogP contribution in [0.25, 0.3) is 11.0 Å². The van der Waals surface area contributed by atoms with Gasteiger partial charge in [0, 0.05) is 17.7 Å². The molecule has 0 unspecified atom stereocenters. The van der Waals surface area contributed by atoms with E-state index in [9.17, 15) is 8.42 Å². The first-order valence-corrected chi connectivity index (χ1v) is 8.62. The zero-order valence-corrected chi connectivity index (χ0v) is 12.9. The van der Waals surface area contributed by atoms with E-state index in [1.54, 1.807) is 12.1 Å². The largest absolute Gasteiger partial charge is 0.342 e. The average molecular weight is 321 g/mol. The van der Waals surface area contributed by atoms with Gasteiger partial charge in [0.25, 0.3) is 0 Å². The van der Waals surface area contributed by atoms with Gasteiger partial charge in [0.15, 0.2) is 9.84 Å². The number of halogens is 1. The van der Waals surface area contributed by atoms with Gasteiger partial charge in [-0.05, 0) is 29.8 Å². The third-order valence-corrected chi connectivity index (χ3v) is 4.59. The summed E-state index contributed by atoms with van der Waals surface area (Å²) in [5.74, 6) is 0.725. The van der Waals surface area contributed by atoms with E-state index < -0.39 is 9.84 Å². The molecular formula is C15H13ClN2O2S. The van der Waals surface area contributed by atoms with Crippen molar-refractivity contribution in [3.63, 3.8) is 0 Å². The van der Waals surface area contributed by atoms with Crippen LogP contribution in [0.4, 0.5) is 0 Å². The summed E-state index contributed by atoms with van der Waals surface area (Å²) in [6.45, 7) is 0. The molecule has 1 aromatic heterocycles.